The van der Waals surface area contributed by atoms with E-state index in [1.54, 1.807) is 6.08 Å². The second-order valence-electron chi connectivity index (χ2n) is 3.99. The molecule has 0 aromatic rings. The van der Waals surface area contributed by atoms with Crippen molar-refractivity contribution in [3.63, 3.8) is 0 Å². The first-order chi connectivity index (χ1) is 7.77. The second-order valence-corrected chi connectivity index (χ2v) is 3.99. The lowest BCUT2D eigenvalue weighted by Gasteiger charge is -1.94. The first kappa shape index (κ1) is 14.9. The van der Waals surface area contributed by atoms with Crippen LogP contribution in [0.5, 0.6) is 0 Å². The van der Waals surface area contributed by atoms with E-state index in [0.717, 1.165) is 25.7 Å². The molecule has 0 atom stereocenters. The lowest BCUT2D eigenvalue weighted by Crippen LogP contribution is -1.85. The number of hydrogen-bond donors (Lipinski definition) is 1. The number of allylic oxidation sites excluding steroid dienone is 3. The summed E-state index contributed by atoms with van der Waals surface area (Å²) in [5.41, 5.74) is 0. The van der Waals surface area contributed by atoms with Crippen molar-refractivity contribution in [1.82, 2.24) is 0 Å². The molecule has 0 spiro atoms. The van der Waals surface area contributed by atoms with Crippen LogP contribution in [0.25, 0.3) is 0 Å². The van der Waals surface area contributed by atoms with E-state index in [1.165, 1.54) is 31.8 Å². The summed E-state index contributed by atoms with van der Waals surface area (Å²) in [6.07, 6.45) is 16.8. The normalized spacial score (nSPS) is 11.6. The largest absolute Gasteiger partial charge is 0.478 e. The van der Waals surface area contributed by atoms with Crippen LogP contribution in [0, 0.1) is 0 Å². The van der Waals surface area contributed by atoms with Crippen molar-refractivity contribution in [3.05, 3.63) is 24.3 Å². The van der Waals surface area contributed by atoms with Crippen LogP contribution < -0.4 is 0 Å². The highest BCUT2D eigenvalue weighted by molar-refractivity contribution is 5.79. The molecule has 1 N–H and O–H groups in total. The van der Waals surface area contributed by atoms with E-state index < -0.39 is 5.97 Å². The maximum absolute atomic E-state index is 10.2. The zero-order valence-corrected chi connectivity index (χ0v) is 10.3. The number of carbonyl (C=O) groups is 1. The molecule has 0 aromatic heterocycles. The summed E-state index contributed by atoms with van der Waals surface area (Å²) in [5, 5.41) is 8.36. The predicted octanol–water partition coefficient (Wildman–Crippen LogP) is 4.32. The summed E-state index contributed by atoms with van der Waals surface area (Å²) in [6, 6.07) is 0. The molecule has 0 saturated heterocycles. The van der Waals surface area contributed by atoms with Gasteiger partial charge in [0.2, 0.25) is 0 Å². The molecular formula is C14H24O2. The van der Waals surface area contributed by atoms with Crippen LogP contribution in [0.4, 0.5) is 0 Å². The molecule has 92 valence electrons. The van der Waals surface area contributed by atoms with Crippen LogP contribution in [0.15, 0.2) is 24.3 Å². The molecule has 0 radical (unpaired) electrons. The van der Waals surface area contributed by atoms with Crippen molar-refractivity contribution < 1.29 is 9.90 Å². The van der Waals surface area contributed by atoms with Crippen molar-refractivity contribution >= 4 is 5.97 Å². The number of carboxylic acid groups (broad SMARTS) is 1. The van der Waals surface area contributed by atoms with Gasteiger partial charge in [-0.15, -0.1) is 0 Å². The minimum Gasteiger partial charge on any atom is -0.478 e. The molecule has 0 aliphatic heterocycles. The summed E-state index contributed by atoms with van der Waals surface area (Å²) in [6.45, 7) is 2.22. The summed E-state index contributed by atoms with van der Waals surface area (Å²) in [7, 11) is 0. The van der Waals surface area contributed by atoms with Crippen molar-refractivity contribution in [3.8, 4) is 0 Å². The van der Waals surface area contributed by atoms with Gasteiger partial charge in [0, 0.05) is 6.08 Å². The summed E-state index contributed by atoms with van der Waals surface area (Å²) in [4.78, 5) is 10.2. The fraction of sp³-hybridized carbons (Fsp3) is 0.643. The van der Waals surface area contributed by atoms with Gasteiger partial charge in [-0.3, -0.25) is 0 Å². The molecular weight excluding hydrogens is 200 g/mol. The van der Waals surface area contributed by atoms with Gasteiger partial charge in [-0.25, -0.2) is 4.79 Å². The molecule has 0 aliphatic rings. The number of rotatable bonds is 10. The maximum atomic E-state index is 10.2. The maximum Gasteiger partial charge on any atom is 0.327 e. The fourth-order valence-electron chi connectivity index (χ4n) is 1.46. The lowest BCUT2D eigenvalue weighted by molar-refractivity contribution is -0.131. The average molecular weight is 224 g/mol. The molecule has 0 fully saturated rings. The van der Waals surface area contributed by atoms with E-state index in [0.29, 0.717) is 0 Å². The van der Waals surface area contributed by atoms with E-state index in [2.05, 4.69) is 19.1 Å². The highest BCUT2D eigenvalue weighted by Crippen LogP contribution is 2.04. The molecule has 0 bridgehead atoms. The smallest absolute Gasteiger partial charge is 0.327 e. The summed E-state index contributed by atoms with van der Waals surface area (Å²) < 4.78 is 0. The van der Waals surface area contributed by atoms with Crippen LogP contribution in [0.3, 0.4) is 0 Å². The Morgan fingerprint density at radius 3 is 1.94 bits per heavy atom. The Hall–Kier alpha value is -1.05. The molecule has 0 amide bonds. The van der Waals surface area contributed by atoms with Gasteiger partial charge in [0.25, 0.3) is 0 Å². The van der Waals surface area contributed by atoms with Crippen molar-refractivity contribution in [1.29, 1.82) is 0 Å². The van der Waals surface area contributed by atoms with Crippen molar-refractivity contribution in [2.75, 3.05) is 0 Å². The van der Waals surface area contributed by atoms with E-state index in [9.17, 15) is 4.79 Å². The van der Waals surface area contributed by atoms with Crippen molar-refractivity contribution in [2.45, 2.75) is 58.3 Å². The second kappa shape index (κ2) is 12.0. The van der Waals surface area contributed by atoms with E-state index >= 15 is 0 Å². The Kier molecular flexibility index (Phi) is 11.2. The third kappa shape index (κ3) is 12.9. The van der Waals surface area contributed by atoms with Gasteiger partial charge in [-0.2, -0.15) is 0 Å². The Morgan fingerprint density at radius 1 is 0.938 bits per heavy atom. The quantitative estimate of drug-likeness (QED) is 0.341. The van der Waals surface area contributed by atoms with Gasteiger partial charge < -0.3 is 5.11 Å². The number of aliphatic carboxylic acids is 1. The van der Waals surface area contributed by atoms with E-state index in [4.69, 9.17) is 5.11 Å². The monoisotopic (exact) mass is 224 g/mol. The van der Waals surface area contributed by atoms with Gasteiger partial charge in [-0.05, 0) is 38.5 Å². The number of carboxylic acids is 1. The Bertz CT molecular complexity index is 217. The third-order valence-electron chi connectivity index (χ3n) is 2.39. The molecule has 16 heavy (non-hydrogen) atoms. The van der Waals surface area contributed by atoms with Gasteiger partial charge in [0.05, 0.1) is 0 Å². The Labute approximate surface area is 99.1 Å². The topological polar surface area (TPSA) is 37.3 Å². The molecule has 2 nitrogen and oxygen atoms in total. The molecule has 0 rings (SSSR count). The van der Waals surface area contributed by atoms with Crippen LogP contribution in [0.1, 0.15) is 58.3 Å². The molecule has 2 heteroatoms. The van der Waals surface area contributed by atoms with E-state index in [-0.39, 0.29) is 0 Å². The van der Waals surface area contributed by atoms with Gasteiger partial charge >= 0.3 is 5.97 Å². The van der Waals surface area contributed by atoms with Gasteiger partial charge in [-0.1, -0.05) is 38.0 Å². The highest BCUT2D eigenvalue weighted by atomic mass is 16.4. The van der Waals surface area contributed by atoms with Crippen LogP contribution >= 0.6 is 0 Å². The van der Waals surface area contributed by atoms with Crippen LogP contribution in [-0.4, -0.2) is 11.1 Å². The zero-order valence-electron chi connectivity index (χ0n) is 10.3. The fourth-order valence-corrected chi connectivity index (χ4v) is 1.46. The SMILES string of the molecule is CCCCCC=CCCCCC=CC(=O)O. The summed E-state index contributed by atoms with van der Waals surface area (Å²) in [5.74, 6) is -0.851. The first-order valence-corrected chi connectivity index (χ1v) is 6.31. The molecule has 0 aromatic carbocycles. The van der Waals surface area contributed by atoms with Gasteiger partial charge in [0.1, 0.15) is 0 Å². The number of unbranched alkanes of at least 4 members (excludes halogenated alkanes) is 6. The molecule has 0 aliphatic carbocycles. The molecule has 0 heterocycles. The minimum absolute atomic E-state index is 0.851. The molecule has 0 unspecified atom stereocenters. The van der Waals surface area contributed by atoms with Gasteiger partial charge in [0.15, 0.2) is 0 Å². The number of hydrogen-bond acceptors (Lipinski definition) is 1. The average Bonchev–Trinajstić information content (AvgIpc) is 2.25. The predicted molar refractivity (Wildman–Crippen MR) is 68.5 cm³/mol. The highest BCUT2D eigenvalue weighted by Gasteiger charge is 1.87. The Balaban J connectivity index is 3.17. The standard InChI is InChI=1S/C14H24O2/c1-2-3-4-5-6-7-8-9-10-11-12-13-14(15)16/h6-7,12-13H,2-5,8-11H2,1H3,(H,15,16). The Morgan fingerprint density at radius 2 is 1.44 bits per heavy atom. The summed E-state index contributed by atoms with van der Waals surface area (Å²) >= 11 is 0. The first-order valence-electron chi connectivity index (χ1n) is 6.31. The molecule has 0 saturated carbocycles. The van der Waals surface area contributed by atoms with Crippen LogP contribution in [0.2, 0.25) is 0 Å². The lowest BCUT2D eigenvalue weighted by atomic mass is 10.1. The van der Waals surface area contributed by atoms with Crippen molar-refractivity contribution in [2.24, 2.45) is 0 Å². The zero-order chi connectivity index (χ0) is 12.1. The third-order valence-corrected chi connectivity index (χ3v) is 2.39. The van der Waals surface area contributed by atoms with Crippen LogP contribution in [-0.2, 0) is 4.79 Å². The minimum atomic E-state index is -0.851. The van der Waals surface area contributed by atoms with E-state index in [1.807, 2.05) is 0 Å².